The third-order valence-electron chi connectivity index (χ3n) is 5.21. The van der Waals surface area contributed by atoms with Gasteiger partial charge in [-0.1, -0.05) is 58.3 Å². The fourth-order valence-electron chi connectivity index (χ4n) is 3.42. The lowest BCUT2D eigenvalue weighted by atomic mass is 9.94. The minimum absolute atomic E-state index is 0.0689. The summed E-state index contributed by atoms with van der Waals surface area (Å²) >= 11 is 0. The molecule has 0 aliphatic rings. The summed E-state index contributed by atoms with van der Waals surface area (Å²) in [7, 11) is 0. The number of nitro groups is 2. The highest BCUT2D eigenvalue weighted by molar-refractivity contribution is 5.44. The van der Waals surface area contributed by atoms with Gasteiger partial charge in [0.05, 0.1) is 0 Å². The van der Waals surface area contributed by atoms with Gasteiger partial charge in [-0.25, -0.2) is 4.79 Å². The Morgan fingerprint density at radius 3 is 1.72 bits per heavy atom. The van der Waals surface area contributed by atoms with Crippen molar-refractivity contribution in [3.05, 3.63) is 26.3 Å². The van der Waals surface area contributed by atoms with Crippen LogP contribution in [-0.4, -0.2) is 50.3 Å². The summed E-state index contributed by atoms with van der Waals surface area (Å²) in [6.45, 7) is 2.17. The summed E-state index contributed by atoms with van der Waals surface area (Å²) < 4.78 is 0. The van der Waals surface area contributed by atoms with Crippen LogP contribution in [-0.2, 0) is 4.79 Å². The normalized spacial score (nSPS) is 15.1. The van der Waals surface area contributed by atoms with E-state index in [1.807, 2.05) is 0 Å². The van der Waals surface area contributed by atoms with E-state index in [9.17, 15) is 35.2 Å². The zero-order valence-corrected chi connectivity index (χ0v) is 17.4. The molecular weight excluding hydrogens is 380 g/mol. The molecule has 0 aliphatic heterocycles. The van der Waals surface area contributed by atoms with Crippen LogP contribution in [0.25, 0.3) is 0 Å². The lowest BCUT2D eigenvalue weighted by Gasteiger charge is -2.21. The molecule has 29 heavy (non-hydrogen) atoms. The molecule has 0 fully saturated rings. The van der Waals surface area contributed by atoms with Gasteiger partial charge in [0.2, 0.25) is 12.1 Å². The van der Waals surface area contributed by atoms with Gasteiger partial charge in [0.1, 0.15) is 18.1 Å². The number of allylic oxidation sites excluding steroid dienone is 1. The van der Waals surface area contributed by atoms with Crippen LogP contribution >= 0.6 is 0 Å². The number of hydrogen-bond donors (Lipinski definition) is 2. The first-order valence-corrected chi connectivity index (χ1v) is 10.7. The fourth-order valence-corrected chi connectivity index (χ4v) is 3.42. The van der Waals surface area contributed by atoms with E-state index in [0.29, 0.717) is 6.42 Å². The first kappa shape index (κ1) is 27.2. The van der Waals surface area contributed by atoms with E-state index >= 15 is 0 Å². The second-order valence-corrected chi connectivity index (χ2v) is 7.59. The highest BCUT2D eigenvalue weighted by atomic mass is 16.6. The Labute approximate surface area is 172 Å². The third-order valence-corrected chi connectivity index (χ3v) is 5.21. The molecule has 0 saturated carbocycles. The maximum absolute atomic E-state index is 11.3. The van der Waals surface area contributed by atoms with E-state index in [1.54, 1.807) is 0 Å². The molecule has 0 aliphatic carbocycles. The van der Waals surface area contributed by atoms with Crippen LogP contribution in [0.5, 0.6) is 0 Å². The first-order valence-electron chi connectivity index (χ1n) is 10.7. The molecule has 4 atom stereocenters. The number of aliphatic hydroxyl groups is 2. The van der Waals surface area contributed by atoms with E-state index in [2.05, 4.69) is 6.92 Å². The number of hydrogen-bond acceptors (Lipinski definition) is 7. The summed E-state index contributed by atoms with van der Waals surface area (Å²) in [6, 6.07) is -2.65. The van der Waals surface area contributed by atoms with Crippen molar-refractivity contribution < 1.29 is 24.9 Å². The van der Waals surface area contributed by atoms with Crippen molar-refractivity contribution >= 4 is 5.94 Å². The van der Waals surface area contributed by atoms with Crippen LogP contribution in [0.2, 0.25) is 0 Å². The molecule has 0 saturated heterocycles. The lowest BCUT2D eigenvalue weighted by Crippen LogP contribution is -2.41. The van der Waals surface area contributed by atoms with Crippen molar-refractivity contribution in [2.75, 3.05) is 0 Å². The number of carbonyl (C=O) groups excluding carboxylic acids is 1. The molecule has 0 amide bonds. The maximum Gasteiger partial charge on any atom is 0.239 e. The van der Waals surface area contributed by atoms with Crippen LogP contribution in [0.3, 0.4) is 0 Å². The van der Waals surface area contributed by atoms with Gasteiger partial charge in [-0.2, -0.15) is 0 Å². The number of aliphatic hydroxyl groups excluding tert-OH is 2. The Balaban J connectivity index is 4.36. The van der Waals surface area contributed by atoms with Crippen LogP contribution in [0, 0.1) is 20.2 Å². The molecule has 9 heteroatoms. The minimum Gasteiger partial charge on any atom is -0.386 e. The highest BCUT2D eigenvalue weighted by Crippen LogP contribution is 2.19. The topological polar surface area (TPSA) is 144 Å². The molecule has 0 heterocycles. The van der Waals surface area contributed by atoms with E-state index < -0.39 is 40.6 Å². The minimum atomic E-state index is -1.52. The number of rotatable bonds is 19. The number of nitrogens with zero attached hydrogens (tertiary/aromatic N) is 2. The summed E-state index contributed by atoms with van der Waals surface area (Å²) in [4.78, 5) is 31.3. The van der Waals surface area contributed by atoms with Crippen molar-refractivity contribution in [3.8, 4) is 0 Å². The largest absolute Gasteiger partial charge is 0.386 e. The number of unbranched alkanes of at least 4 members (excludes halogenated alkanes) is 8. The Kier molecular flexibility index (Phi) is 16.0. The second-order valence-electron chi connectivity index (χ2n) is 7.59. The van der Waals surface area contributed by atoms with E-state index in [0.717, 1.165) is 31.8 Å². The van der Waals surface area contributed by atoms with Gasteiger partial charge in [-0.05, 0) is 12.8 Å². The van der Waals surface area contributed by atoms with Crippen LogP contribution < -0.4 is 0 Å². The quantitative estimate of drug-likeness (QED) is 0.142. The molecule has 0 aromatic carbocycles. The Hall–Kier alpha value is -1.83. The fraction of sp³-hybridized carbons (Fsp3) is 0.900. The molecular formula is C20H36N2O7. The molecule has 2 N–H and O–H groups in total. The molecule has 4 unspecified atom stereocenters. The molecule has 0 bridgehead atoms. The van der Waals surface area contributed by atoms with Gasteiger partial charge in [0, 0.05) is 35.2 Å². The van der Waals surface area contributed by atoms with Crippen LogP contribution in [0.15, 0.2) is 6.08 Å². The Bertz CT molecular complexity index is 509. The predicted molar refractivity (Wildman–Crippen MR) is 110 cm³/mol. The average Bonchev–Trinajstić information content (AvgIpc) is 2.65. The second kappa shape index (κ2) is 17.1. The smallest absolute Gasteiger partial charge is 0.239 e. The molecule has 0 radical (unpaired) electrons. The monoisotopic (exact) mass is 416 g/mol. The molecule has 168 valence electrons. The van der Waals surface area contributed by atoms with E-state index in [-0.39, 0.29) is 19.3 Å². The Morgan fingerprint density at radius 1 is 0.828 bits per heavy atom. The predicted octanol–water partition coefficient (Wildman–Crippen LogP) is 3.48. The molecule has 0 aromatic heterocycles. The van der Waals surface area contributed by atoms with Crippen molar-refractivity contribution in [3.63, 3.8) is 0 Å². The Morgan fingerprint density at radius 2 is 1.28 bits per heavy atom. The summed E-state index contributed by atoms with van der Waals surface area (Å²) in [5.41, 5.74) is 0. The third kappa shape index (κ3) is 13.1. The van der Waals surface area contributed by atoms with Crippen molar-refractivity contribution in [2.45, 2.75) is 115 Å². The van der Waals surface area contributed by atoms with Gasteiger partial charge in [-0.15, -0.1) is 0 Å². The summed E-state index contributed by atoms with van der Waals surface area (Å²) in [5, 5.41) is 42.6. The van der Waals surface area contributed by atoms with Crippen molar-refractivity contribution in [1.82, 2.24) is 0 Å². The molecule has 9 nitrogen and oxygen atoms in total. The average molecular weight is 417 g/mol. The highest BCUT2D eigenvalue weighted by Gasteiger charge is 2.36. The SMILES string of the molecule is CCCCCCCCCCCC(C(O)CC(O)C(CCC=C=O)[N+](=O)[O-])[N+](=O)[O-]. The lowest BCUT2D eigenvalue weighted by molar-refractivity contribution is -0.544. The van der Waals surface area contributed by atoms with Gasteiger partial charge >= 0.3 is 0 Å². The van der Waals surface area contributed by atoms with E-state index in [1.165, 1.54) is 31.6 Å². The maximum atomic E-state index is 11.3. The summed E-state index contributed by atoms with van der Waals surface area (Å²) in [5.74, 6) is 1.51. The molecule has 0 rings (SSSR count). The van der Waals surface area contributed by atoms with Gasteiger partial charge in [0.15, 0.2) is 0 Å². The van der Waals surface area contributed by atoms with Crippen LogP contribution in [0.4, 0.5) is 0 Å². The molecule has 0 aromatic rings. The van der Waals surface area contributed by atoms with Crippen LogP contribution in [0.1, 0.15) is 90.4 Å². The van der Waals surface area contributed by atoms with Crippen molar-refractivity contribution in [2.24, 2.45) is 0 Å². The van der Waals surface area contributed by atoms with Gasteiger partial charge in [-0.3, -0.25) is 20.2 Å². The zero-order valence-electron chi connectivity index (χ0n) is 17.4. The van der Waals surface area contributed by atoms with E-state index in [4.69, 9.17) is 0 Å². The molecule has 0 spiro atoms. The summed E-state index contributed by atoms with van der Waals surface area (Å²) in [6.07, 6.45) is 7.38. The van der Waals surface area contributed by atoms with Gasteiger partial charge in [0.25, 0.3) is 0 Å². The first-order chi connectivity index (χ1) is 13.8. The van der Waals surface area contributed by atoms with Crippen molar-refractivity contribution in [1.29, 1.82) is 0 Å². The standard InChI is InChI=1S/C20H36N2O7/c1-2-3-4-5-6-7-8-9-10-13-17(21(26)27)19(24)16-20(25)18(22(28)29)14-11-12-15-23/h12,17-20,24-25H,2-11,13-14,16H2,1H3. The zero-order chi connectivity index (χ0) is 22.1. The van der Waals surface area contributed by atoms with Gasteiger partial charge < -0.3 is 10.2 Å².